The molecule has 1 aliphatic heterocycles. The minimum Gasteiger partial charge on any atom is -0.321 e. The Morgan fingerprint density at radius 1 is 1.22 bits per heavy atom. The molecule has 0 fully saturated rings. The second-order valence-corrected chi connectivity index (χ2v) is 6.13. The van der Waals surface area contributed by atoms with Gasteiger partial charge in [0.25, 0.3) is 5.91 Å². The van der Waals surface area contributed by atoms with Crippen molar-refractivity contribution in [2.24, 2.45) is 0 Å². The molecule has 1 aromatic rings. The summed E-state index contributed by atoms with van der Waals surface area (Å²) in [5.41, 5.74) is 2.75. The van der Waals surface area contributed by atoms with Gasteiger partial charge in [-0.25, -0.2) is 0 Å². The summed E-state index contributed by atoms with van der Waals surface area (Å²) in [6, 6.07) is 3.74. The summed E-state index contributed by atoms with van der Waals surface area (Å²) < 4.78 is 0. The van der Waals surface area contributed by atoms with E-state index in [9.17, 15) is 14.4 Å². The molecule has 4 nitrogen and oxygen atoms in total. The minimum absolute atomic E-state index is 0.0556. The minimum atomic E-state index is -1.07. The lowest BCUT2D eigenvalue weighted by molar-refractivity contribution is -0.132. The predicted octanol–water partition coefficient (Wildman–Crippen LogP) is 4.36. The average molecular weight is 541 g/mol. The third-order valence-corrected chi connectivity index (χ3v) is 4.61. The summed E-state index contributed by atoms with van der Waals surface area (Å²) in [6.07, 6.45) is 0.0556. The number of Topliss-reactive ketones (excluding diaryl/α,β-unsaturated/α-hetero) is 2. The molecule has 0 bridgehead atoms. The standard InChI is InChI=1S/C17H21NO3.I2/c1-10-6-7-14-15(12(10)3)9-18(16(14)21)17(5,13(4)20)8-11(2)19;1-2/h6-7H,8-9H2,1-5H3;. The third kappa shape index (κ3) is 3.94. The van der Waals surface area contributed by atoms with Gasteiger partial charge in [0.2, 0.25) is 0 Å². The number of carbonyl (C=O) groups is 3. The van der Waals surface area contributed by atoms with Crippen LogP contribution >= 0.6 is 37.2 Å². The van der Waals surface area contributed by atoms with Gasteiger partial charge in [0.15, 0.2) is 5.78 Å². The van der Waals surface area contributed by atoms with Gasteiger partial charge in [0.1, 0.15) is 11.3 Å². The highest BCUT2D eigenvalue weighted by molar-refractivity contribution is 15.0. The number of halogens is 2. The van der Waals surface area contributed by atoms with E-state index < -0.39 is 5.54 Å². The Balaban J connectivity index is 0.00000127. The van der Waals surface area contributed by atoms with Crippen LogP contribution in [-0.4, -0.2) is 27.9 Å². The summed E-state index contributed by atoms with van der Waals surface area (Å²) >= 11 is 4.24. The summed E-state index contributed by atoms with van der Waals surface area (Å²) in [4.78, 5) is 37.8. The van der Waals surface area contributed by atoms with Crippen LogP contribution < -0.4 is 0 Å². The Kier molecular flexibility index (Phi) is 7.18. The number of aryl methyl sites for hydroxylation is 1. The number of ketones is 2. The van der Waals surface area contributed by atoms with E-state index in [0.717, 1.165) is 16.7 Å². The van der Waals surface area contributed by atoms with E-state index in [0.29, 0.717) is 12.1 Å². The normalized spacial score (nSPS) is 15.4. The van der Waals surface area contributed by atoms with Crippen LogP contribution in [0.2, 0.25) is 0 Å². The number of carbonyl (C=O) groups excluding carboxylic acids is 3. The lowest BCUT2D eigenvalue weighted by Gasteiger charge is -2.36. The van der Waals surface area contributed by atoms with Crippen LogP contribution in [0.25, 0.3) is 0 Å². The maximum atomic E-state index is 12.7. The van der Waals surface area contributed by atoms with Crippen molar-refractivity contribution >= 4 is 54.7 Å². The van der Waals surface area contributed by atoms with Gasteiger partial charge in [-0.15, -0.1) is 0 Å². The van der Waals surface area contributed by atoms with Crippen molar-refractivity contribution in [2.45, 2.75) is 53.1 Å². The predicted molar refractivity (Wildman–Crippen MR) is 108 cm³/mol. The van der Waals surface area contributed by atoms with E-state index in [2.05, 4.69) is 37.2 Å². The van der Waals surface area contributed by atoms with Crippen molar-refractivity contribution in [3.8, 4) is 0 Å². The summed E-state index contributed by atoms with van der Waals surface area (Å²) in [7, 11) is 0. The molecule has 0 aromatic heterocycles. The van der Waals surface area contributed by atoms with Crippen LogP contribution in [0.1, 0.15) is 54.2 Å². The number of rotatable bonds is 4. The van der Waals surface area contributed by atoms with E-state index in [1.165, 1.54) is 13.8 Å². The van der Waals surface area contributed by atoms with Crippen LogP contribution in [0, 0.1) is 13.8 Å². The van der Waals surface area contributed by atoms with E-state index in [-0.39, 0.29) is 23.9 Å². The van der Waals surface area contributed by atoms with E-state index >= 15 is 0 Å². The highest BCUT2D eigenvalue weighted by atomic mass is 128. The highest BCUT2D eigenvalue weighted by Gasteiger charge is 2.44. The molecule has 0 aliphatic carbocycles. The van der Waals surface area contributed by atoms with Gasteiger partial charge in [-0.05, 0) is 57.4 Å². The zero-order valence-corrected chi connectivity index (χ0v) is 18.3. The zero-order valence-electron chi connectivity index (χ0n) is 14.0. The molecule has 1 amide bonds. The lowest BCUT2D eigenvalue weighted by atomic mass is 9.89. The SMILES string of the molecule is CC(=O)CC(C)(C(C)=O)N1Cc2c(ccc(C)c2C)C1=O.II. The summed E-state index contributed by atoms with van der Waals surface area (Å²) in [6.45, 7) is 8.96. The van der Waals surface area contributed by atoms with Crippen LogP contribution in [0.15, 0.2) is 12.1 Å². The van der Waals surface area contributed by atoms with Gasteiger partial charge < -0.3 is 4.90 Å². The van der Waals surface area contributed by atoms with Gasteiger partial charge in [-0.1, -0.05) is 6.07 Å². The van der Waals surface area contributed by atoms with Crippen LogP contribution in [-0.2, 0) is 16.1 Å². The Bertz CT molecular complexity index is 657. The summed E-state index contributed by atoms with van der Waals surface area (Å²) in [5.74, 6) is -0.412. The van der Waals surface area contributed by atoms with E-state index in [1.807, 2.05) is 26.0 Å². The Morgan fingerprint density at radius 3 is 2.26 bits per heavy atom. The van der Waals surface area contributed by atoms with Crippen molar-refractivity contribution in [2.75, 3.05) is 0 Å². The molecule has 1 aromatic carbocycles. The molecule has 126 valence electrons. The topological polar surface area (TPSA) is 54.5 Å². The van der Waals surface area contributed by atoms with Gasteiger partial charge >= 0.3 is 0 Å². The first-order chi connectivity index (χ1) is 10.7. The molecule has 0 N–H and O–H groups in total. The van der Waals surface area contributed by atoms with Crippen molar-refractivity contribution in [1.29, 1.82) is 0 Å². The molecule has 0 radical (unpaired) electrons. The molecule has 1 aliphatic rings. The van der Waals surface area contributed by atoms with E-state index in [4.69, 9.17) is 0 Å². The average Bonchev–Trinajstić information content (AvgIpc) is 2.82. The first kappa shape index (κ1) is 20.5. The van der Waals surface area contributed by atoms with Gasteiger partial charge in [-0.3, -0.25) is 14.4 Å². The molecular formula is C17H21I2NO3. The van der Waals surface area contributed by atoms with Gasteiger partial charge in [-0.2, -0.15) is 0 Å². The van der Waals surface area contributed by atoms with Crippen molar-refractivity contribution in [3.05, 3.63) is 34.4 Å². The fraction of sp³-hybridized carbons (Fsp3) is 0.471. The van der Waals surface area contributed by atoms with Crippen molar-refractivity contribution < 1.29 is 14.4 Å². The quantitative estimate of drug-likeness (QED) is 0.533. The first-order valence-electron chi connectivity index (χ1n) is 7.24. The Morgan fingerprint density at radius 2 is 1.78 bits per heavy atom. The lowest BCUT2D eigenvalue weighted by Crippen LogP contribution is -2.52. The maximum absolute atomic E-state index is 12.7. The van der Waals surface area contributed by atoms with Crippen molar-refractivity contribution in [3.63, 3.8) is 0 Å². The second kappa shape index (κ2) is 8.04. The number of hydrogen-bond acceptors (Lipinski definition) is 3. The molecule has 0 saturated carbocycles. The molecule has 1 heterocycles. The zero-order chi connectivity index (χ0) is 17.9. The smallest absolute Gasteiger partial charge is 0.255 e. The molecular weight excluding hydrogens is 520 g/mol. The van der Waals surface area contributed by atoms with Gasteiger partial charge in [0.05, 0.1) is 0 Å². The maximum Gasteiger partial charge on any atom is 0.255 e. The fourth-order valence-corrected chi connectivity index (χ4v) is 2.95. The molecule has 2 rings (SSSR count). The fourth-order valence-electron chi connectivity index (χ4n) is 2.95. The Hall–Kier alpha value is -0.510. The number of amides is 1. The van der Waals surface area contributed by atoms with Crippen LogP contribution in [0.3, 0.4) is 0 Å². The monoisotopic (exact) mass is 541 g/mol. The van der Waals surface area contributed by atoms with Crippen LogP contribution in [0.5, 0.6) is 0 Å². The molecule has 1 atom stereocenters. The first-order valence-corrected chi connectivity index (χ1v) is 13.5. The highest BCUT2D eigenvalue weighted by Crippen LogP contribution is 2.34. The van der Waals surface area contributed by atoms with Gasteiger partial charge in [0, 0.05) is 55.8 Å². The molecule has 23 heavy (non-hydrogen) atoms. The number of nitrogens with zero attached hydrogens (tertiary/aromatic N) is 1. The third-order valence-electron chi connectivity index (χ3n) is 4.61. The summed E-state index contributed by atoms with van der Waals surface area (Å²) in [5, 5.41) is 0. The molecule has 1 unspecified atom stereocenters. The second-order valence-electron chi connectivity index (χ2n) is 6.13. The molecule has 0 spiro atoms. The van der Waals surface area contributed by atoms with Crippen molar-refractivity contribution in [1.82, 2.24) is 4.90 Å². The molecule has 0 saturated heterocycles. The number of hydrogen-bond donors (Lipinski definition) is 0. The van der Waals surface area contributed by atoms with Crippen LogP contribution in [0.4, 0.5) is 0 Å². The number of fused-ring (bicyclic) bond motifs is 1. The van der Waals surface area contributed by atoms with E-state index in [1.54, 1.807) is 11.8 Å². The largest absolute Gasteiger partial charge is 0.321 e. The Labute approximate surface area is 160 Å². The molecule has 6 heteroatoms. The number of benzene rings is 1.